The Morgan fingerprint density at radius 1 is 1.36 bits per heavy atom. The topological polar surface area (TPSA) is 122 Å². The monoisotopic (exact) mass is 392 g/mol. The number of hydrogen-bond donors (Lipinski definition) is 4. The predicted molar refractivity (Wildman–Crippen MR) is 107 cm³/mol. The maximum Gasteiger partial charge on any atom is 0.317 e. The third-order valence-electron chi connectivity index (χ3n) is 3.65. The maximum absolute atomic E-state index is 11.0. The van der Waals surface area contributed by atoms with Crippen molar-refractivity contribution in [1.29, 1.82) is 0 Å². The van der Waals surface area contributed by atoms with Gasteiger partial charge in [0.1, 0.15) is 5.25 Å². The summed E-state index contributed by atoms with van der Waals surface area (Å²) in [6.45, 7) is 11.0. The molecule has 0 saturated heterocycles. The van der Waals surface area contributed by atoms with E-state index in [1.807, 2.05) is 6.82 Å². The van der Waals surface area contributed by atoms with Gasteiger partial charge in [-0.05, 0) is 43.7 Å². The lowest BCUT2D eigenvalue weighted by molar-refractivity contribution is -0.142. The average molecular weight is 392 g/mol. The standard InChI is InChI=1S/C15H33BN2O5SSi/c1-12(10-18-7-6-17)11-25(3,4)23-16(2)5-8-24-13(15(21)22)9-14(19)20/h12-13,18H,5-11,17H2,1-4H3,(H,19,20)(H,21,22). The van der Waals surface area contributed by atoms with E-state index in [1.165, 1.54) is 11.8 Å². The van der Waals surface area contributed by atoms with Crippen molar-refractivity contribution in [2.45, 2.75) is 50.9 Å². The number of thioether (sulfide) groups is 1. The van der Waals surface area contributed by atoms with Crippen molar-refractivity contribution in [2.24, 2.45) is 11.7 Å². The number of carbonyl (C=O) groups is 2. The van der Waals surface area contributed by atoms with Crippen LogP contribution in [-0.2, 0) is 13.9 Å². The van der Waals surface area contributed by atoms with Gasteiger partial charge in [0, 0.05) is 13.1 Å². The molecule has 25 heavy (non-hydrogen) atoms. The summed E-state index contributed by atoms with van der Waals surface area (Å²) in [7, 11) is -1.81. The van der Waals surface area contributed by atoms with Crippen LogP contribution in [0.4, 0.5) is 0 Å². The number of rotatable bonds is 15. The molecule has 0 aliphatic carbocycles. The number of carboxylic acids is 2. The van der Waals surface area contributed by atoms with Crippen LogP contribution in [0.1, 0.15) is 13.3 Å². The molecule has 0 fully saturated rings. The second-order valence-corrected chi connectivity index (χ2v) is 12.5. The molecule has 146 valence electrons. The van der Waals surface area contributed by atoms with Gasteiger partial charge in [-0.25, -0.2) is 0 Å². The zero-order chi connectivity index (χ0) is 19.5. The minimum Gasteiger partial charge on any atom is -0.481 e. The van der Waals surface area contributed by atoms with Crippen molar-refractivity contribution in [2.75, 3.05) is 25.4 Å². The van der Waals surface area contributed by atoms with Gasteiger partial charge >= 0.3 is 11.9 Å². The normalized spacial score (nSPS) is 14.1. The van der Waals surface area contributed by atoms with Crippen LogP contribution in [0.15, 0.2) is 0 Å². The van der Waals surface area contributed by atoms with E-state index in [-0.39, 0.29) is 13.3 Å². The highest BCUT2D eigenvalue weighted by molar-refractivity contribution is 8.00. The first-order valence-electron chi connectivity index (χ1n) is 8.72. The van der Waals surface area contributed by atoms with Crippen molar-refractivity contribution < 1.29 is 24.1 Å². The highest BCUT2D eigenvalue weighted by atomic mass is 32.2. The first kappa shape index (κ1) is 24.5. The summed E-state index contributed by atoms with van der Waals surface area (Å²) in [5, 5.41) is 20.2. The molecule has 7 nitrogen and oxygen atoms in total. The Bertz CT molecular complexity index is 417. The molecule has 0 rings (SSSR count). The summed E-state index contributed by atoms with van der Waals surface area (Å²) in [5.41, 5.74) is 5.47. The van der Waals surface area contributed by atoms with Crippen molar-refractivity contribution in [3.05, 3.63) is 0 Å². The lowest BCUT2D eigenvalue weighted by atomic mass is 9.69. The quantitative estimate of drug-likeness (QED) is 0.245. The molecule has 2 unspecified atom stereocenters. The third kappa shape index (κ3) is 13.3. The summed E-state index contributed by atoms with van der Waals surface area (Å²) in [5.74, 6) is -1.07. The summed E-state index contributed by atoms with van der Waals surface area (Å²) >= 11 is 1.17. The van der Waals surface area contributed by atoms with E-state index in [4.69, 9.17) is 20.3 Å². The SMILES string of the molecule is CB(CCSC(CC(=O)O)C(=O)O)O[Si](C)(C)CC(C)CNCCN. The lowest BCUT2D eigenvalue weighted by Crippen LogP contribution is -2.40. The van der Waals surface area contributed by atoms with E-state index >= 15 is 0 Å². The molecule has 0 spiro atoms. The minimum absolute atomic E-state index is 0.0395. The largest absolute Gasteiger partial charge is 0.481 e. The summed E-state index contributed by atoms with van der Waals surface area (Å²) < 4.78 is 6.25. The van der Waals surface area contributed by atoms with Gasteiger partial charge in [-0.1, -0.05) is 13.7 Å². The van der Waals surface area contributed by atoms with E-state index < -0.39 is 25.5 Å². The molecule has 10 heteroatoms. The van der Waals surface area contributed by atoms with Gasteiger partial charge < -0.3 is 25.6 Å². The molecule has 0 aromatic rings. The van der Waals surface area contributed by atoms with Crippen LogP contribution in [0.3, 0.4) is 0 Å². The van der Waals surface area contributed by atoms with E-state index in [0.29, 0.717) is 24.5 Å². The highest BCUT2D eigenvalue weighted by Gasteiger charge is 2.29. The lowest BCUT2D eigenvalue weighted by Gasteiger charge is -2.29. The molecule has 5 N–H and O–H groups in total. The van der Waals surface area contributed by atoms with Crippen LogP contribution in [0.5, 0.6) is 0 Å². The Balaban J connectivity index is 4.18. The smallest absolute Gasteiger partial charge is 0.317 e. The molecular formula is C15H33BN2O5SSi. The summed E-state index contributed by atoms with van der Waals surface area (Å²) in [6, 6.07) is 1.04. The number of nitrogens with two attached hydrogens (primary N) is 1. The third-order valence-corrected chi connectivity index (χ3v) is 7.62. The fourth-order valence-electron chi connectivity index (χ4n) is 2.77. The van der Waals surface area contributed by atoms with Gasteiger partial charge in [-0.15, -0.1) is 11.8 Å². The molecule has 0 aliphatic rings. The molecule has 0 heterocycles. The number of aliphatic carboxylic acids is 2. The Morgan fingerprint density at radius 3 is 2.52 bits per heavy atom. The van der Waals surface area contributed by atoms with E-state index in [1.54, 1.807) is 0 Å². The van der Waals surface area contributed by atoms with Gasteiger partial charge in [-0.2, -0.15) is 0 Å². The molecule has 0 amide bonds. The number of hydrogen-bond acceptors (Lipinski definition) is 6. The first-order chi connectivity index (χ1) is 11.6. The van der Waals surface area contributed by atoms with Gasteiger partial charge in [0.15, 0.2) is 8.32 Å². The van der Waals surface area contributed by atoms with E-state index in [2.05, 4.69) is 25.3 Å². The molecule has 0 saturated carbocycles. The van der Waals surface area contributed by atoms with Crippen LogP contribution < -0.4 is 11.1 Å². The molecule has 0 bridgehead atoms. The van der Waals surface area contributed by atoms with Crippen molar-refractivity contribution >= 4 is 38.9 Å². The second-order valence-electron chi connectivity index (χ2n) is 7.07. The van der Waals surface area contributed by atoms with Gasteiger partial charge in [-0.3, -0.25) is 9.59 Å². The number of nitrogens with one attached hydrogen (secondary N) is 1. The van der Waals surface area contributed by atoms with Crippen molar-refractivity contribution in [3.63, 3.8) is 0 Å². The molecule has 0 aromatic heterocycles. The van der Waals surface area contributed by atoms with Crippen LogP contribution in [0.25, 0.3) is 0 Å². The average Bonchev–Trinajstić information content (AvgIpc) is 2.44. The maximum atomic E-state index is 11.0. The predicted octanol–water partition coefficient (Wildman–Crippen LogP) is 1.67. The fraction of sp³-hybridized carbons (Fsp3) is 0.867. The first-order valence-corrected chi connectivity index (χ1v) is 12.9. The van der Waals surface area contributed by atoms with Gasteiger partial charge in [0.05, 0.1) is 6.42 Å². The molecule has 0 radical (unpaired) electrons. The van der Waals surface area contributed by atoms with Gasteiger partial charge in [0.2, 0.25) is 0 Å². The molecule has 0 aliphatic heterocycles. The van der Waals surface area contributed by atoms with Crippen molar-refractivity contribution in [1.82, 2.24) is 5.32 Å². The Morgan fingerprint density at radius 2 is 2.00 bits per heavy atom. The minimum atomic E-state index is -1.81. The second kappa shape index (κ2) is 12.7. The van der Waals surface area contributed by atoms with Gasteiger partial charge in [0.25, 0.3) is 6.92 Å². The van der Waals surface area contributed by atoms with E-state index in [9.17, 15) is 9.59 Å². The summed E-state index contributed by atoms with van der Waals surface area (Å²) in [4.78, 5) is 21.7. The molecule has 0 aromatic carbocycles. The van der Waals surface area contributed by atoms with Crippen LogP contribution in [0, 0.1) is 5.92 Å². The highest BCUT2D eigenvalue weighted by Crippen LogP contribution is 2.22. The van der Waals surface area contributed by atoms with Crippen LogP contribution in [-0.4, -0.2) is 68.0 Å². The van der Waals surface area contributed by atoms with Crippen molar-refractivity contribution in [3.8, 4) is 0 Å². The van der Waals surface area contributed by atoms with Crippen LogP contribution >= 0.6 is 11.8 Å². The fourth-order valence-corrected chi connectivity index (χ4v) is 7.05. The summed E-state index contributed by atoms with van der Waals surface area (Å²) in [6.07, 6.45) is 0.354. The number of carboxylic acid groups (broad SMARTS) is 2. The molecular weight excluding hydrogens is 359 g/mol. The van der Waals surface area contributed by atoms with E-state index in [0.717, 1.165) is 19.1 Å². The Kier molecular flexibility index (Phi) is 12.5. The molecule has 2 atom stereocenters. The Labute approximate surface area is 156 Å². The zero-order valence-electron chi connectivity index (χ0n) is 15.8. The van der Waals surface area contributed by atoms with Crippen LogP contribution in [0.2, 0.25) is 32.3 Å². The Hall–Kier alpha value is -0.548. The zero-order valence-corrected chi connectivity index (χ0v) is 17.6.